The Hall–Kier alpha value is -2.37. The Balaban J connectivity index is 2.35. The van der Waals surface area contributed by atoms with Crippen LogP contribution in [0, 0.1) is 6.92 Å². The van der Waals surface area contributed by atoms with Crippen LogP contribution in [0.5, 0.6) is 0 Å². The number of aryl methyl sites for hydroxylation is 1. The van der Waals surface area contributed by atoms with Gasteiger partial charge in [0.1, 0.15) is 17.2 Å². The number of allylic oxidation sites excluding steroid dienone is 5. The Morgan fingerprint density at radius 2 is 2.19 bits per heavy atom. The lowest BCUT2D eigenvalue weighted by atomic mass is 9.88. The minimum Gasteiger partial charge on any atom is -0.462 e. The van der Waals surface area contributed by atoms with E-state index in [2.05, 4.69) is 24.3 Å². The van der Waals surface area contributed by atoms with E-state index in [4.69, 9.17) is 4.74 Å². The third-order valence-electron chi connectivity index (χ3n) is 4.78. The van der Waals surface area contributed by atoms with Crippen LogP contribution in [0.25, 0.3) is 0 Å². The number of halogens is 1. The van der Waals surface area contributed by atoms with Crippen molar-refractivity contribution in [2.75, 3.05) is 11.9 Å². The maximum Gasteiger partial charge on any atom is 0.343 e. The Morgan fingerprint density at radius 1 is 1.46 bits per heavy atom. The molecule has 0 radical (unpaired) electrons. The van der Waals surface area contributed by atoms with E-state index in [0.29, 0.717) is 23.7 Å². The number of carbonyl (C=O) groups is 1. The van der Waals surface area contributed by atoms with Crippen LogP contribution in [0.3, 0.4) is 0 Å². The second-order valence-electron chi connectivity index (χ2n) is 6.66. The molecule has 0 saturated heterocycles. The maximum atomic E-state index is 13.2. The molecular formula is C20H28FN3O2. The fraction of sp³-hybridized carbons (Fsp3) is 0.500. The summed E-state index contributed by atoms with van der Waals surface area (Å²) in [4.78, 5) is 12.4. The Bertz CT molecular complexity index is 748. The normalized spacial score (nSPS) is 23.3. The lowest BCUT2D eigenvalue weighted by Crippen LogP contribution is -2.43. The zero-order valence-corrected chi connectivity index (χ0v) is 16.2. The second-order valence-corrected chi connectivity index (χ2v) is 6.66. The summed E-state index contributed by atoms with van der Waals surface area (Å²) in [6.07, 6.45) is 9.98. The largest absolute Gasteiger partial charge is 0.462 e. The number of hydrogen-bond acceptors (Lipinski definition) is 4. The molecule has 0 bridgehead atoms. The van der Waals surface area contributed by atoms with E-state index in [0.717, 1.165) is 12.8 Å². The minimum atomic E-state index is -0.364. The molecule has 2 heterocycles. The van der Waals surface area contributed by atoms with Gasteiger partial charge >= 0.3 is 5.97 Å². The highest BCUT2D eigenvalue weighted by Crippen LogP contribution is 2.38. The van der Waals surface area contributed by atoms with Gasteiger partial charge in [-0.05, 0) is 46.6 Å². The van der Waals surface area contributed by atoms with Crippen molar-refractivity contribution < 1.29 is 13.9 Å². The predicted molar refractivity (Wildman–Crippen MR) is 102 cm³/mol. The summed E-state index contributed by atoms with van der Waals surface area (Å²) in [6, 6.07) is 0.00930. The van der Waals surface area contributed by atoms with Crippen LogP contribution in [0.1, 0.15) is 56.6 Å². The molecule has 2 atom stereocenters. The molecule has 26 heavy (non-hydrogen) atoms. The third-order valence-corrected chi connectivity index (χ3v) is 4.78. The molecular weight excluding hydrogens is 333 g/mol. The van der Waals surface area contributed by atoms with Gasteiger partial charge in [-0.25, -0.2) is 13.9 Å². The summed E-state index contributed by atoms with van der Waals surface area (Å²) < 4.78 is 20.3. The fourth-order valence-corrected chi connectivity index (χ4v) is 3.14. The van der Waals surface area contributed by atoms with Gasteiger partial charge in [-0.1, -0.05) is 31.2 Å². The number of rotatable bonds is 6. The number of ether oxygens (including phenoxy) is 1. The van der Waals surface area contributed by atoms with Crippen molar-refractivity contribution in [3.63, 3.8) is 0 Å². The van der Waals surface area contributed by atoms with E-state index in [1.165, 1.54) is 12.2 Å². The number of aromatic nitrogens is 2. The van der Waals surface area contributed by atoms with Crippen molar-refractivity contribution in [3.8, 4) is 0 Å². The first-order valence-electron chi connectivity index (χ1n) is 9.06. The van der Waals surface area contributed by atoms with Crippen molar-refractivity contribution in [3.05, 3.63) is 47.5 Å². The highest BCUT2D eigenvalue weighted by Gasteiger charge is 2.38. The van der Waals surface area contributed by atoms with Crippen molar-refractivity contribution >= 4 is 11.8 Å². The van der Waals surface area contributed by atoms with Gasteiger partial charge in [0.15, 0.2) is 0 Å². The summed E-state index contributed by atoms with van der Waals surface area (Å²) in [5, 5.41) is 7.99. The number of hydrogen-bond donors (Lipinski definition) is 1. The molecule has 1 N–H and O–H groups in total. The maximum absolute atomic E-state index is 13.2. The average molecular weight is 361 g/mol. The Morgan fingerprint density at radius 3 is 2.81 bits per heavy atom. The molecule has 5 nitrogen and oxygen atoms in total. The summed E-state index contributed by atoms with van der Waals surface area (Å²) >= 11 is 0. The molecule has 0 spiro atoms. The lowest BCUT2D eigenvalue weighted by Gasteiger charge is -2.39. The molecule has 1 aliphatic rings. The first-order chi connectivity index (χ1) is 12.4. The van der Waals surface area contributed by atoms with Crippen LogP contribution in [0.2, 0.25) is 0 Å². The van der Waals surface area contributed by atoms with Gasteiger partial charge in [0.2, 0.25) is 0 Å². The topological polar surface area (TPSA) is 56.2 Å². The highest BCUT2D eigenvalue weighted by molar-refractivity contribution is 5.96. The minimum absolute atomic E-state index is 0.00930. The Kier molecular flexibility index (Phi) is 6.40. The monoisotopic (exact) mass is 361 g/mol. The molecule has 6 heteroatoms. The molecule has 0 saturated carbocycles. The quantitative estimate of drug-likeness (QED) is 0.591. The summed E-state index contributed by atoms with van der Waals surface area (Å²) in [7, 11) is 0. The van der Waals surface area contributed by atoms with E-state index in [1.807, 2.05) is 23.8 Å². The molecule has 2 rings (SSSR count). The SMILES string of the molecule is C\C=C(F)/C=C\C=C\C1CC(C)(CC)n2nc(C)c(C(=O)OCC)c2N1. The molecule has 0 fully saturated rings. The van der Waals surface area contributed by atoms with Gasteiger partial charge in [-0.15, -0.1) is 0 Å². The highest BCUT2D eigenvalue weighted by atomic mass is 19.1. The number of anilines is 1. The van der Waals surface area contributed by atoms with Gasteiger partial charge in [-0.3, -0.25) is 0 Å². The van der Waals surface area contributed by atoms with E-state index in [-0.39, 0.29) is 23.4 Å². The van der Waals surface area contributed by atoms with Crippen LogP contribution in [0.4, 0.5) is 10.2 Å². The number of nitrogens with one attached hydrogen (secondary N) is 1. The van der Waals surface area contributed by atoms with Crippen LogP contribution in [-0.2, 0) is 10.3 Å². The molecule has 1 aromatic rings. The zero-order valence-electron chi connectivity index (χ0n) is 16.2. The first-order valence-corrected chi connectivity index (χ1v) is 9.06. The van der Waals surface area contributed by atoms with Crippen LogP contribution in [0.15, 0.2) is 36.2 Å². The van der Waals surface area contributed by atoms with Gasteiger partial charge in [0, 0.05) is 6.04 Å². The van der Waals surface area contributed by atoms with E-state index in [1.54, 1.807) is 19.9 Å². The standard InChI is InChI=1S/C20H28FN3O2/c1-6-15(21)11-9-10-12-16-13-20(5,7-2)24-18(22-16)17(14(4)23-24)19(25)26-8-3/h6,9-12,16,22H,7-8,13H2,1-5H3/b11-9-,12-10+,15-6+. The van der Waals surface area contributed by atoms with E-state index < -0.39 is 0 Å². The zero-order chi connectivity index (χ0) is 19.3. The molecule has 1 aromatic heterocycles. The van der Waals surface area contributed by atoms with Gasteiger partial charge in [0.05, 0.1) is 17.8 Å². The van der Waals surface area contributed by atoms with Crippen molar-refractivity contribution in [1.29, 1.82) is 0 Å². The summed E-state index contributed by atoms with van der Waals surface area (Å²) in [5.41, 5.74) is 0.925. The predicted octanol–water partition coefficient (Wildman–Crippen LogP) is 4.66. The van der Waals surface area contributed by atoms with Crippen molar-refractivity contribution in [1.82, 2.24) is 9.78 Å². The summed E-state index contributed by atoms with van der Waals surface area (Å²) in [6.45, 7) is 9.82. The molecule has 0 aromatic carbocycles. The van der Waals surface area contributed by atoms with Crippen LogP contribution >= 0.6 is 0 Å². The van der Waals surface area contributed by atoms with Crippen LogP contribution < -0.4 is 5.32 Å². The van der Waals surface area contributed by atoms with E-state index >= 15 is 0 Å². The summed E-state index contributed by atoms with van der Waals surface area (Å²) in [5.74, 6) is 0.0506. The average Bonchev–Trinajstić information content (AvgIpc) is 2.95. The second kappa shape index (κ2) is 8.34. The van der Waals surface area contributed by atoms with Gasteiger partial charge in [0.25, 0.3) is 0 Å². The van der Waals surface area contributed by atoms with Gasteiger partial charge in [-0.2, -0.15) is 5.10 Å². The third kappa shape index (κ3) is 4.06. The number of carbonyl (C=O) groups excluding carboxylic acids is 1. The molecule has 0 aliphatic carbocycles. The number of esters is 1. The molecule has 1 aliphatic heterocycles. The van der Waals surface area contributed by atoms with Gasteiger partial charge < -0.3 is 10.1 Å². The van der Waals surface area contributed by atoms with Crippen molar-refractivity contribution in [2.24, 2.45) is 0 Å². The number of fused-ring (bicyclic) bond motifs is 1. The molecule has 142 valence electrons. The Labute approximate surface area is 154 Å². The molecule has 0 amide bonds. The van der Waals surface area contributed by atoms with Crippen molar-refractivity contribution in [2.45, 2.75) is 59.0 Å². The smallest absolute Gasteiger partial charge is 0.343 e. The number of nitrogens with zero attached hydrogens (tertiary/aromatic N) is 2. The van der Waals surface area contributed by atoms with E-state index in [9.17, 15) is 9.18 Å². The lowest BCUT2D eigenvalue weighted by molar-refractivity contribution is 0.0526. The fourth-order valence-electron chi connectivity index (χ4n) is 3.14. The van der Waals surface area contributed by atoms with Crippen LogP contribution in [-0.4, -0.2) is 28.4 Å². The molecule has 2 unspecified atom stereocenters. The first kappa shape index (κ1) is 19.9.